The van der Waals surface area contributed by atoms with Crippen molar-refractivity contribution in [1.29, 1.82) is 0 Å². The van der Waals surface area contributed by atoms with Gasteiger partial charge in [0.1, 0.15) is 0 Å². The lowest BCUT2D eigenvalue weighted by atomic mass is 9.46. The van der Waals surface area contributed by atoms with E-state index >= 15 is 0 Å². The van der Waals surface area contributed by atoms with Crippen molar-refractivity contribution in [2.75, 3.05) is 4.81 Å². The molecule has 5 nitrogen and oxygen atoms in total. The fourth-order valence-corrected chi connectivity index (χ4v) is 14.3. The molecule has 9 aromatic carbocycles. The smallest absolute Gasteiger partial charge is 0.331 e. The van der Waals surface area contributed by atoms with E-state index in [4.69, 9.17) is 15.0 Å². The third kappa shape index (κ3) is 6.04. The SMILES string of the molecule is [2H]c1c([2H])c(-c2nc(N3B(c4ccccc4)c4ccccc4-c4ccccc43)nc(-n3c4ccccc4c4ccccc43)n2)c([2H])c([Si](c2ccccc2)(c2ccccc2)c2ccccc2)c1[2H]. The first-order valence-corrected chi connectivity index (χ1v) is 23.5. The summed E-state index contributed by atoms with van der Waals surface area (Å²) in [5, 5.41) is 5.26. The topological polar surface area (TPSA) is 46.8 Å². The molecule has 64 heavy (non-hydrogen) atoms. The lowest BCUT2D eigenvalue weighted by Gasteiger charge is -2.37. The third-order valence-corrected chi connectivity index (χ3v) is 17.1. The second-order valence-corrected chi connectivity index (χ2v) is 19.7. The summed E-state index contributed by atoms with van der Waals surface area (Å²) in [6.07, 6.45) is 0. The van der Waals surface area contributed by atoms with Gasteiger partial charge in [0.15, 0.2) is 13.9 Å². The van der Waals surface area contributed by atoms with Gasteiger partial charge < -0.3 is 4.81 Å². The molecule has 3 heterocycles. The zero-order valence-electron chi connectivity index (χ0n) is 38.6. The zero-order chi connectivity index (χ0) is 45.9. The number of anilines is 2. The molecule has 0 radical (unpaired) electrons. The summed E-state index contributed by atoms with van der Waals surface area (Å²) < 4.78 is 42.0. The van der Waals surface area contributed by atoms with Crippen LogP contribution in [0.15, 0.2) is 243 Å². The minimum atomic E-state index is -3.60. The van der Waals surface area contributed by atoms with Gasteiger partial charge in [0.05, 0.1) is 16.5 Å². The third-order valence-electron chi connectivity index (χ3n) is 12.5. The van der Waals surface area contributed by atoms with E-state index in [0.29, 0.717) is 17.1 Å². The summed E-state index contributed by atoms with van der Waals surface area (Å²) in [6.45, 7) is -0.387. The Hall–Kier alpha value is -8.13. The minimum absolute atomic E-state index is 0.0615. The Kier molecular flexibility index (Phi) is 8.19. The van der Waals surface area contributed by atoms with E-state index in [2.05, 4.69) is 114 Å². The van der Waals surface area contributed by atoms with Crippen molar-refractivity contribution in [2.24, 2.45) is 0 Å². The summed E-state index contributed by atoms with van der Waals surface area (Å²) in [7, 11) is -3.60. The van der Waals surface area contributed by atoms with Gasteiger partial charge in [-0.05, 0) is 50.0 Å². The molecular formula is C57H40BN5Si. The highest BCUT2D eigenvalue weighted by Gasteiger charge is 2.42. The van der Waals surface area contributed by atoms with Crippen molar-refractivity contribution in [3.05, 3.63) is 243 Å². The van der Waals surface area contributed by atoms with Gasteiger partial charge in [0, 0.05) is 27.6 Å². The van der Waals surface area contributed by atoms with Crippen molar-refractivity contribution in [3.8, 4) is 28.5 Å². The second-order valence-electron chi connectivity index (χ2n) is 16.0. The van der Waals surface area contributed by atoms with Gasteiger partial charge in [0.25, 0.3) is 0 Å². The van der Waals surface area contributed by atoms with E-state index in [1.807, 2.05) is 114 Å². The highest BCUT2D eigenvalue weighted by atomic mass is 28.3. The van der Waals surface area contributed by atoms with Gasteiger partial charge in [-0.15, -0.1) is 0 Å². The number of hydrogen-bond donors (Lipinski definition) is 0. The average Bonchev–Trinajstić information content (AvgIpc) is 3.74. The number of hydrogen-bond acceptors (Lipinski definition) is 4. The van der Waals surface area contributed by atoms with Crippen molar-refractivity contribution < 1.29 is 5.48 Å². The van der Waals surface area contributed by atoms with E-state index in [0.717, 1.165) is 65.1 Å². The Morgan fingerprint density at radius 3 is 1.56 bits per heavy atom. The maximum atomic E-state index is 10.6. The number of rotatable bonds is 8. The van der Waals surface area contributed by atoms with Crippen LogP contribution < -0.4 is 36.5 Å². The normalized spacial score (nSPS) is 13.2. The Morgan fingerprint density at radius 1 is 0.438 bits per heavy atom. The predicted octanol–water partition coefficient (Wildman–Crippen LogP) is 8.94. The molecular weight excluding hydrogens is 794 g/mol. The van der Waals surface area contributed by atoms with Crippen molar-refractivity contribution >= 4 is 80.0 Å². The molecule has 0 unspecified atom stereocenters. The van der Waals surface area contributed by atoms with Crippen LogP contribution in [0.1, 0.15) is 5.48 Å². The van der Waals surface area contributed by atoms with Crippen molar-refractivity contribution in [3.63, 3.8) is 0 Å². The van der Waals surface area contributed by atoms with Crippen LogP contribution in [0.4, 0.5) is 11.6 Å². The number of para-hydroxylation sites is 3. The summed E-state index contributed by atoms with van der Waals surface area (Å²) in [4.78, 5) is 18.3. The number of aromatic nitrogens is 4. The monoisotopic (exact) mass is 837 g/mol. The lowest BCUT2D eigenvalue weighted by molar-refractivity contribution is 0.940. The molecule has 1 aliphatic heterocycles. The van der Waals surface area contributed by atoms with E-state index in [9.17, 15) is 5.48 Å². The summed E-state index contributed by atoms with van der Waals surface area (Å²) >= 11 is 0. The Bertz CT molecular complexity index is 3560. The molecule has 0 saturated carbocycles. The largest absolute Gasteiger partial charge is 0.345 e. The van der Waals surface area contributed by atoms with Gasteiger partial charge in [-0.3, -0.25) is 4.57 Å². The van der Waals surface area contributed by atoms with Crippen molar-refractivity contribution in [2.45, 2.75) is 0 Å². The minimum Gasteiger partial charge on any atom is -0.345 e. The highest BCUT2D eigenvalue weighted by molar-refractivity contribution is 7.19. The molecule has 300 valence electrons. The Morgan fingerprint density at radius 2 is 0.938 bits per heavy atom. The van der Waals surface area contributed by atoms with Crippen LogP contribution in [0, 0.1) is 0 Å². The average molecular weight is 838 g/mol. The first-order valence-electron chi connectivity index (χ1n) is 23.5. The van der Waals surface area contributed by atoms with Crippen LogP contribution in [0.25, 0.3) is 50.3 Å². The fourth-order valence-electron chi connectivity index (χ4n) is 9.81. The molecule has 0 atom stereocenters. The Labute approximate surface area is 379 Å². The number of benzene rings is 9. The first kappa shape index (κ1) is 33.5. The summed E-state index contributed by atoms with van der Waals surface area (Å²) in [5.74, 6) is 0.670. The predicted molar refractivity (Wildman–Crippen MR) is 269 cm³/mol. The lowest BCUT2D eigenvalue weighted by Crippen LogP contribution is -2.74. The highest BCUT2D eigenvalue weighted by Crippen LogP contribution is 2.39. The molecule has 0 fully saturated rings. The summed E-state index contributed by atoms with van der Waals surface area (Å²) in [6, 6.07) is 72.9. The maximum absolute atomic E-state index is 10.6. The molecule has 0 bridgehead atoms. The van der Waals surface area contributed by atoms with Crippen LogP contribution in [-0.4, -0.2) is 34.4 Å². The first-order chi connectivity index (χ1) is 33.4. The molecule has 0 saturated heterocycles. The molecule has 11 aromatic rings. The molecule has 0 amide bonds. The molecule has 12 rings (SSSR count). The van der Waals surface area contributed by atoms with Gasteiger partial charge >= 0.3 is 6.85 Å². The van der Waals surface area contributed by atoms with E-state index in [-0.39, 0.29) is 42.4 Å². The van der Waals surface area contributed by atoms with E-state index in [1.165, 1.54) is 0 Å². The van der Waals surface area contributed by atoms with Crippen LogP contribution in [-0.2, 0) is 0 Å². The number of nitrogens with zero attached hydrogens (tertiary/aromatic N) is 5. The summed E-state index contributed by atoms with van der Waals surface area (Å²) in [5.41, 5.74) is 6.91. The standard InChI is InChI=1S/C57H40BN5Si/c1-5-23-42(24-6-1)58-51-36-17-13-32-47(51)48-33-16-20-39-54(48)63(58)57-60-55(59-56(61-57)62-52-37-18-14-34-49(52)50-35-15-19-38-53(50)62)41-22-21-31-46(40-41)64(43-25-7-2-8-26-43,44-27-9-3-10-28-44)45-29-11-4-12-30-45/h1-40H/i21D,22D,31D,40D. The Balaban J connectivity index is 1.22. The quantitative estimate of drug-likeness (QED) is 0.113. The van der Waals surface area contributed by atoms with Gasteiger partial charge in [0.2, 0.25) is 11.9 Å². The van der Waals surface area contributed by atoms with Gasteiger partial charge in [-0.1, -0.05) is 230 Å². The molecule has 7 heteroatoms. The van der Waals surface area contributed by atoms with E-state index in [1.54, 1.807) is 0 Å². The second kappa shape index (κ2) is 15.7. The molecule has 1 aliphatic rings. The van der Waals surface area contributed by atoms with Crippen LogP contribution in [0.5, 0.6) is 0 Å². The van der Waals surface area contributed by atoms with Gasteiger partial charge in [-0.2, -0.15) is 15.0 Å². The van der Waals surface area contributed by atoms with E-state index < -0.39 is 8.07 Å². The zero-order valence-corrected chi connectivity index (χ0v) is 35.6. The fraction of sp³-hybridized carbons (Fsp3) is 0. The molecule has 0 N–H and O–H groups in total. The van der Waals surface area contributed by atoms with Gasteiger partial charge in [-0.25, -0.2) is 0 Å². The number of fused-ring (bicyclic) bond motifs is 6. The molecule has 0 aliphatic carbocycles. The van der Waals surface area contributed by atoms with Crippen LogP contribution >= 0.6 is 0 Å². The van der Waals surface area contributed by atoms with Crippen LogP contribution in [0.3, 0.4) is 0 Å². The van der Waals surface area contributed by atoms with Crippen LogP contribution in [0.2, 0.25) is 0 Å². The van der Waals surface area contributed by atoms with Crippen molar-refractivity contribution in [1.82, 2.24) is 19.5 Å². The molecule has 0 spiro atoms. The maximum Gasteiger partial charge on any atom is 0.331 e. The molecule has 2 aromatic heterocycles.